The highest BCUT2D eigenvalue weighted by atomic mass is 16.5. The zero-order valence-electron chi connectivity index (χ0n) is 16.1. The largest absolute Gasteiger partial charge is 0.465 e. The van der Waals surface area contributed by atoms with E-state index in [-0.39, 0.29) is 0 Å². The fraction of sp³-hybridized carbons (Fsp3) is 0.458. The van der Waals surface area contributed by atoms with Crippen molar-refractivity contribution in [2.75, 3.05) is 7.05 Å². The van der Waals surface area contributed by atoms with Gasteiger partial charge in [0.25, 0.3) is 0 Å². The Bertz CT molecular complexity index is 1130. The molecule has 1 aromatic heterocycles. The van der Waals surface area contributed by atoms with Crippen molar-refractivity contribution in [1.29, 1.82) is 0 Å². The number of rotatable bonds is 0. The second-order valence-corrected chi connectivity index (χ2v) is 9.37. The molecule has 0 N–H and O–H groups in total. The number of ether oxygens (including phenoxy) is 1. The van der Waals surface area contributed by atoms with Crippen LogP contribution in [0.3, 0.4) is 0 Å². The van der Waals surface area contributed by atoms with Crippen LogP contribution in [0.4, 0.5) is 5.69 Å². The summed E-state index contributed by atoms with van der Waals surface area (Å²) >= 11 is 0. The van der Waals surface area contributed by atoms with Gasteiger partial charge in [0.2, 0.25) is 5.72 Å². The van der Waals surface area contributed by atoms with Gasteiger partial charge in [-0.3, -0.25) is 9.89 Å². The van der Waals surface area contributed by atoms with E-state index in [9.17, 15) is 0 Å². The van der Waals surface area contributed by atoms with Crippen molar-refractivity contribution in [3.05, 3.63) is 36.4 Å². The minimum absolute atomic E-state index is 0.394. The van der Waals surface area contributed by atoms with Gasteiger partial charge < -0.3 is 9.15 Å². The SMILES string of the molecule is CN1C2CC3CC(C2)CC(C3)C12C=Nc1c(ccc3oc4ccccc4c13)O2. The topological polar surface area (TPSA) is 38.0 Å². The summed E-state index contributed by atoms with van der Waals surface area (Å²) in [5, 5.41) is 2.18. The zero-order valence-corrected chi connectivity index (χ0v) is 16.1. The summed E-state index contributed by atoms with van der Waals surface area (Å²) in [5.41, 5.74) is 2.31. The predicted octanol–water partition coefficient (Wildman–Crippen LogP) is 5.52. The maximum absolute atomic E-state index is 6.90. The third kappa shape index (κ3) is 1.87. The van der Waals surface area contributed by atoms with Crippen LogP contribution in [0.15, 0.2) is 45.8 Å². The normalized spacial score (nSPS) is 36.2. The first-order chi connectivity index (χ1) is 13.7. The molecule has 4 heterocycles. The fourth-order valence-corrected chi connectivity index (χ4v) is 6.74. The van der Waals surface area contributed by atoms with E-state index >= 15 is 0 Å². The van der Waals surface area contributed by atoms with Gasteiger partial charge in [0.1, 0.15) is 22.6 Å². The summed E-state index contributed by atoms with van der Waals surface area (Å²) < 4.78 is 12.9. The highest BCUT2D eigenvalue weighted by molar-refractivity contribution is 6.13. The Hall–Kier alpha value is -2.33. The molecule has 4 bridgehead atoms. The van der Waals surface area contributed by atoms with Gasteiger partial charge in [0.05, 0.1) is 11.6 Å². The van der Waals surface area contributed by atoms with Crippen molar-refractivity contribution in [1.82, 2.24) is 4.90 Å². The van der Waals surface area contributed by atoms with E-state index in [0.717, 1.165) is 45.2 Å². The minimum Gasteiger partial charge on any atom is -0.465 e. The summed E-state index contributed by atoms with van der Waals surface area (Å²) in [7, 11) is 2.26. The van der Waals surface area contributed by atoms with E-state index in [2.05, 4.69) is 36.4 Å². The van der Waals surface area contributed by atoms with Crippen LogP contribution in [-0.4, -0.2) is 29.9 Å². The third-order valence-electron chi connectivity index (χ3n) is 7.93. The first kappa shape index (κ1) is 15.6. The molecule has 1 spiro atoms. The number of nitrogens with zero attached hydrogens (tertiary/aromatic N) is 2. The number of fused-ring (bicyclic) bond motifs is 5. The van der Waals surface area contributed by atoms with Crippen molar-refractivity contribution in [3.63, 3.8) is 0 Å². The van der Waals surface area contributed by atoms with Gasteiger partial charge >= 0.3 is 0 Å². The van der Waals surface area contributed by atoms with Gasteiger partial charge in [-0.25, -0.2) is 0 Å². The van der Waals surface area contributed by atoms with Crippen LogP contribution < -0.4 is 4.74 Å². The lowest BCUT2D eigenvalue weighted by Crippen LogP contribution is -2.59. The first-order valence-corrected chi connectivity index (χ1v) is 10.6. The zero-order chi connectivity index (χ0) is 18.5. The standard InChI is InChI=1S/C24H24N2O2/c1-26-17-11-14-8-15(12-17)10-16(9-14)24(26)13-25-23-21(28-24)7-6-20-22(23)18-4-2-3-5-19(18)27-20/h2-7,13-17H,8-12H2,1H3. The number of aliphatic imine (C=N–C) groups is 1. The molecule has 2 aliphatic carbocycles. The number of hydrogen-bond donors (Lipinski definition) is 0. The monoisotopic (exact) mass is 372 g/mol. The maximum atomic E-state index is 6.90. The summed E-state index contributed by atoms with van der Waals surface area (Å²) in [6.45, 7) is 0. The van der Waals surface area contributed by atoms with E-state index in [4.69, 9.17) is 14.1 Å². The van der Waals surface area contributed by atoms with Crippen molar-refractivity contribution in [2.24, 2.45) is 22.7 Å². The summed E-state index contributed by atoms with van der Waals surface area (Å²) in [5.74, 6) is 3.16. The Balaban J connectivity index is 1.42. The average molecular weight is 372 g/mol. The second-order valence-electron chi connectivity index (χ2n) is 9.37. The molecule has 3 atom stereocenters. The molecule has 3 aromatic rings. The molecule has 2 saturated heterocycles. The van der Waals surface area contributed by atoms with E-state index in [0.29, 0.717) is 12.0 Å². The number of benzene rings is 2. The molecule has 28 heavy (non-hydrogen) atoms. The van der Waals surface area contributed by atoms with Gasteiger partial charge in [-0.1, -0.05) is 18.2 Å². The lowest BCUT2D eigenvalue weighted by Gasteiger charge is -2.45. The smallest absolute Gasteiger partial charge is 0.202 e. The fourth-order valence-electron chi connectivity index (χ4n) is 6.74. The molecule has 3 unspecified atom stereocenters. The molecule has 4 nitrogen and oxygen atoms in total. The van der Waals surface area contributed by atoms with Gasteiger partial charge in [-0.15, -0.1) is 0 Å². The van der Waals surface area contributed by atoms with Crippen LogP contribution in [0.5, 0.6) is 5.75 Å². The Morgan fingerprint density at radius 2 is 1.79 bits per heavy atom. The summed E-state index contributed by atoms with van der Waals surface area (Å²) in [6.07, 6.45) is 8.74. The Morgan fingerprint density at radius 1 is 0.964 bits per heavy atom. The third-order valence-corrected chi connectivity index (χ3v) is 7.93. The molecule has 4 fully saturated rings. The van der Waals surface area contributed by atoms with Crippen LogP contribution in [0.2, 0.25) is 0 Å². The van der Waals surface area contributed by atoms with Crippen molar-refractivity contribution in [2.45, 2.75) is 43.9 Å². The molecular formula is C24H24N2O2. The average Bonchev–Trinajstić information content (AvgIpc) is 3.05. The van der Waals surface area contributed by atoms with Crippen LogP contribution in [0.25, 0.3) is 21.9 Å². The molecule has 4 heteroatoms. The molecule has 3 aliphatic heterocycles. The predicted molar refractivity (Wildman–Crippen MR) is 110 cm³/mol. The molecule has 2 saturated carbocycles. The Kier molecular flexibility index (Phi) is 2.88. The number of hydrogen-bond acceptors (Lipinski definition) is 4. The molecule has 142 valence electrons. The van der Waals surface area contributed by atoms with Gasteiger partial charge in [0, 0.05) is 17.3 Å². The van der Waals surface area contributed by atoms with E-state index in [1.807, 2.05) is 18.2 Å². The van der Waals surface area contributed by atoms with Gasteiger partial charge in [0.15, 0.2) is 0 Å². The van der Waals surface area contributed by atoms with E-state index in [1.165, 1.54) is 32.1 Å². The summed E-state index contributed by atoms with van der Waals surface area (Å²) in [4.78, 5) is 7.58. The van der Waals surface area contributed by atoms with Crippen LogP contribution in [0, 0.1) is 17.8 Å². The second kappa shape index (κ2) is 5.18. The highest BCUT2D eigenvalue weighted by Crippen LogP contribution is 2.55. The molecule has 2 aromatic carbocycles. The Labute approximate surface area is 164 Å². The van der Waals surface area contributed by atoms with Gasteiger partial charge in [-0.05, 0) is 69.2 Å². The lowest BCUT2D eigenvalue weighted by atomic mass is 9.67. The molecule has 5 aliphatic rings. The molecule has 8 rings (SSSR count). The quantitative estimate of drug-likeness (QED) is 0.522. The minimum atomic E-state index is -0.394. The highest BCUT2D eigenvalue weighted by Gasteiger charge is 2.56. The lowest BCUT2D eigenvalue weighted by molar-refractivity contribution is -0.0623. The number of furan rings is 1. The van der Waals surface area contributed by atoms with Crippen molar-refractivity contribution < 1.29 is 9.15 Å². The van der Waals surface area contributed by atoms with Crippen molar-refractivity contribution in [3.8, 4) is 5.75 Å². The first-order valence-electron chi connectivity index (χ1n) is 10.6. The number of para-hydroxylation sites is 1. The molecule has 0 amide bonds. The van der Waals surface area contributed by atoms with Crippen LogP contribution >= 0.6 is 0 Å². The van der Waals surface area contributed by atoms with Crippen molar-refractivity contribution >= 4 is 33.8 Å². The van der Waals surface area contributed by atoms with E-state index in [1.54, 1.807) is 0 Å². The molecule has 0 radical (unpaired) electrons. The van der Waals surface area contributed by atoms with Crippen LogP contribution in [0.1, 0.15) is 32.1 Å². The van der Waals surface area contributed by atoms with E-state index < -0.39 is 5.72 Å². The maximum Gasteiger partial charge on any atom is 0.202 e. The summed E-state index contributed by atoms with van der Waals surface area (Å²) in [6, 6.07) is 12.9. The molecular weight excluding hydrogens is 348 g/mol. The Morgan fingerprint density at radius 3 is 2.64 bits per heavy atom. The van der Waals surface area contributed by atoms with Crippen LogP contribution in [-0.2, 0) is 0 Å². The van der Waals surface area contributed by atoms with Gasteiger partial charge in [-0.2, -0.15) is 0 Å².